The van der Waals surface area contributed by atoms with E-state index in [9.17, 15) is 0 Å². The van der Waals surface area contributed by atoms with Gasteiger partial charge in [0.15, 0.2) is 11.5 Å². The van der Waals surface area contributed by atoms with Crippen LogP contribution in [0.1, 0.15) is 29.8 Å². The van der Waals surface area contributed by atoms with E-state index in [-0.39, 0.29) is 6.04 Å². The molecule has 0 radical (unpaired) electrons. The average Bonchev–Trinajstić information content (AvgIpc) is 2.55. The molecule has 2 heterocycles. The van der Waals surface area contributed by atoms with E-state index in [1.165, 1.54) is 11.1 Å². The monoisotopic (exact) mass is 284 g/mol. The lowest BCUT2D eigenvalue weighted by Gasteiger charge is -2.28. The smallest absolute Gasteiger partial charge is 0.164 e. The molecule has 1 N–H and O–H groups in total. The number of rotatable bonds is 4. The molecule has 0 saturated carbocycles. The van der Waals surface area contributed by atoms with Gasteiger partial charge in [0, 0.05) is 18.3 Å². The Labute approximate surface area is 125 Å². The summed E-state index contributed by atoms with van der Waals surface area (Å²) in [5, 5.41) is 3.54. The van der Waals surface area contributed by atoms with Gasteiger partial charge < -0.3 is 14.8 Å². The van der Waals surface area contributed by atoms with Gasteiger partial charge in [0.05, 0.1) is 25.5 Å². The fourth-order valence-electron chi connectivity index (χ4n) is 2.88. The molecule has 0 aliphatic carbocycles. The third-order valence-electron chi connectivity index (χ3n) is 3.79. The van der Waals surface area contributed by atoms with Crippen molar-refractivity contribution in [3.05, 3.63) is 53.3 Å². The Morgan fingerprint density at radius 1 is 1.29 bits per heavy atom. The van der Waals surface area contributed by atoms with Crippen LogP contribution in [-0.2, 0) is 6.42 Å². The van der Waals surface area contributed by atoms with E-state index >= 15 is 0 Å². The van der Waals surface area contributed by atoms with Crippen LogP contribution >= 0.6 is 0 Å². The van der Waals surface area contributed by atoms with Gasteiger partial charge >= 0.3 is 0 Å². The number of ether oxygens (including phenoxy) is 2. The average molecular weight is 284 g/mol. The Balaban J connectivity index is 2.08. The highest BCUT2D eigenvalue weighted by atomic mass is 16.5. The number of benzene rings is 1. The van der Waals surface area contributed by atoms with Gasteiger partial charge in [-0.2, -0.15) is 0 Å². The van der Waals surface area contributed by atoms with E-state index in [1.54, 1.807) is 7.11 Å². The molecule has 0 saturated heterocycles. The molecule has 1 aromatic carbocycles. The number of nitrogens with one attached hydrogen (secondary N) is 1. The second-order valence-corrected chi connectivity index (χ2v) is 4.99. The maximum atomic E-state index is 5.84. The van der Waals surface area contributed by atoms with Gasteiger partial charge in [0.2, 0.25) is 0 Å². The van der Waals surface area contributed by atoms with E-state index in [2.05, 4.69) is 22.4 Å². The molecular weight excluding hydrogens is 264 g/mol. The Morgan fingerprint density at radius 2 is 2.19 bits per heavy atom. The van der Waals surface area contributed by atoms with Gasteiger partial charge in [-0.1, -0.05) is 12.1 Å². The van der Waals surface area contributed by atoms with E-state index in [0.717, 1.165) is 30.2 Å². The van der Waals surface area contributed by atoms with Crippen molar-refractivity contribution >= 4 is 0 Å². The Kier molecular flexibility index (Phi) is 4.06. The van der Waals surface area contributed by atoms with Crippen molar-refractivity contribution in [3.63, 3.8) is 0 Å². The molecule has 1 unspecified atom stereocenters. The van der Waals surface area contributed by atoms with E-state index in [4.69, 9.17) is 9.47 Å². The molecule has 1 aliphatic heterocycles. The molecule has 4 heteroatoms. The first-order chi connectivity index (χ1) is 10.3. The zero-order valence-electron chi connectivity index (χ0n) is 12.4. The highest BCUT2D eigenvalue weighted by molar-refractivity contribution is 5.54. The second-order valence-electron chi connectivity index (χ2n) is 4.99. The lowest BCUT2D eigenvalue weighted by molar-refractivity contribution is 0.305. The van der Waals surface area contributed by atoms with E-state index in [0.29, 0.717) is 6.61 Å². The molecule has 0 bridgehead atoms. The lowest BCUT2D eigenvalue weighted by atomic mass is 9.91. The highest BCUT2D eigenvalue weighted by Crippen LogP contribution is 2.39. The molecular formula is C17H20N2O2. The third-order valence-corrected chi connectivity index (χ3v) is 3.79. The summed E-state index contributed by atoms with van der Waals surface area (Å²) < 4.78 is 11.3. The maximum Gasteiger partial charge on any atom is 0.164 e. The SMILES string of the molecule is CCOc1c(OC)ccc2c1CCNC2c1ccccn1. The molecule has 1 aromatic heterocycles. The summed E-state index contributed by atoms with van der Waals surface area (Å²) in [6, 6.07) is 10.2. The number of fused-ring (bicyclic) bond motifs is 1. The van der Waals surface area contributed by atoms with Gasteiger partial charge in [-0.25, -0.2) is 0 Å². The summed E-state index contributed by atoms with van der Waals surface area (Å²) in [4.78, 5) is 4.48. The third kappa shape index (κ3) is 2.59. The summed E-state index contributed by atoms with van der Waals surface area (Å²) >= 11 is 0. The lowest BCUT2D eigenvalue weighted by Crippen LogP contribution is -2.31. The molecule has 3 rings (SSSR count). The maximum absolute atomic E-state index is 5.84. The van der Waals surface area contributed by atoms with Crippen LogP contribution in [0.5, 0.6) is 11.5 Å². The Morgan fingerprint density at radius 3 is 2.90 bits per heavy atom. The van der Waals surface area contributed by atoms with E-state index in [1.807, 2.05) is 31.3 Å². The normalized spacial score (nSPS) is 17.1. The molecule has 2 aromatic rings. The van der Waals surface area contributed by atoms with Crippen molar-refractivity contribution in [1.82, 2.24) is 10.3 Å². The topological polar surface area (TPSA) is 43.4 Å². The summed E-state index contributed by atoms with van der Waals surface area (Å²) in [6.45, 7) is 3.53. The number of methoxy groups -OCH3 is 1. The van der Waals surface area contributed by atoms with Crippen LogP contribution in [0.4, 0.5) is 0 Å². The minimum absolute atomic E-state index is 0.111. The van der Waals surface area contributed by atoms with Crippen molar-refractivity contribution in [2.24, 2.45) is 0 Å². The minimum atomic E-state index is 0.111. The quantitative estimate of drug-likeness (QED) is 0.937. The number of hydrogen-bond donors (Lipinski definition) is 1. The van der Waals surface area contributed by atoms with Gasteiger partial charge in [-0.05, 0) is 37.1 Å². The summed E-state index contributed by atoms with van der Waals surface area (Å²) in [5.74, 6) is 1.68. The van der Waals surface area contributed by atoms with Crippen LogP contribution in [0.2, 0.25) is 0 Å². The second kappa shape index (κ2) is 6.14. The number of aromatic nitrogens is 1. The van der Waals surface area contributed by atoms with Crippen LogP contribution < -0.4 is 14.8 Å². The van der Waals surface area contributed by atoms with Gasteiger partial charge in [-0.15, -0.1) is 0 Å². The minimum Gasteiger partial charge on any atom is -0.493 e. The first kappa shape index (κ1) is 13.9. The zero-order valence-corrected chi connectivity index (χ0v) is 12.4. The molecule has 110 valence electrons. The van der Waals surface area contributed by atoms with Crippen molar-refractivity contribution in [2.45, 2.75) is 19.4 Å². The van der Waals surface area contributed by atoms with Gasteiger partial charge in [-0.3, -0.25) is 4.98 Å². The predicted molar refractivity (Wildman–Crippen MR) is 81.9 cm³/mol. The molecule has 4 nitrogen and oxygen atoms in total. The van der Waals surface area contributed by atoms with E-state index < -0.39 is 0 Å². The molecule has 1 atom stereocenters. The fraction of sp³-hybridized carbons (Fsp3) is 0.353. The molecule has 1 aliphatic rings. The zero-order chi connectivity index (χ0) is 14.7. The first-order valence-electron chi connectivity index (χ1n) is 7.32. The van der Waals surface area contributed by atoms with Crippen molar-refractivity contribution in [3.8, 4) is 11.5 Å². The number of hydrogen-bond acceptors (Lipinski definition) is 4. The molecule has 0 amide bonds. The summed E-state index contributed by atoms with van der Waals surface area (Å²) in [7, 11) is 1.68. The Hall–Kier alpha value is -2.07. The first-order valence-corrected chi connectivity index (χ1v) is 7.32. The number of pyridine rings is 1. The predicted octanol–water partition coefficient (Wildman–Crippen LogP) is 2.72. The van der Waals surface area contributed by atoms with Gasteiger partial charge in [0.1, 0.15) is 0 Å². The fourth-order valence-corrected chi connectivity index (χ4v) is 2.88. The van der Waals surface area contributed by atoms with Crippen LogP contribution in [0.15, 0.2) is 36.5 Å². The summed E-state index contributed by atoms with van der Waals surface area (Å²) in [6.07, 6.45) is 2.77. The van der Waals surface area contributed by atoms with Crippen LogP contribution in [0.25, 0.3) is 0 Å². The van der Waals surface area contributed by atoms with Crippen molar-refractivity contribution in [2.75, 3.05) is 20.3 Å². The number of nitrogens with zero attached hydrogens (tertiary/aromatic N) is 1. The molecule has 0 fully saturated rings. The van der Waals surface area contributed by atoms with Crippen LogP contribution in [-0.4, -0.2) is 25.2 Å². The standard InChI is InChI=1S/C17H20N2O2/c1-3-21-17-13-9-11-19-16(14-6-4-5-10-18-14)12(13)7-8-15(17)20-2/h4-8,10,16,19H,3,9,11H2,1-2H3. The highest BCUT2D eigenvalue weighted by Gasteiger charge is 2.26. The van der Waals surface area contributed by atoms with Crippen LogP contribution in [0.3, 0.4) is 0 Å². The van der Waals surface area contributed by atoms with Crippen molar-refractivity contribution < 1.29 is 9.47 Å². The molecule has 21 heavy (non-hydrogen) atoms. The van der Waals surface area contributed by atoms with Gasteiger partial charge in [0.25, 0.3) is 0 Å². The van der Waals surface area contributed by atoms with Crippen LogP contribution in [0, 0.1) is 0 Å². The Bertz CT molecular complexity index is 614. The summed E-state index contributed by atoms with van der Waals surface area (Å²) in [5.41, 5.74) is 3.49. The molecule has 0 spiro atoms. The van der Waals surface area contributed by atoms with Crippen molar-refractivity contribution in [1.29, 1.82) is 0 Å². The largest absolute Gasteiger partial charge is 0.493 e.